The van der Waals surface area contributed by atoms with E-state index in [0.29, 0.717) is 17.9 Å². The van der Waals surface area contributed by atoms with E-state index < -0.39 is 0 Å². The van der Waals surface area contributed by atoms with Gasteiger partial charge in [-0.1, -0.05) is 42.0 Å². The lowest BCUT2D eigenvalue weighted by Gasteiger charge is -2.34. The number of para-hydroxylation sites is 1. The van der Waals surface area contributed by atoms with Crippen LogP contribution < -0.4 is 4.74 Å². The third-order valence-electron chi connectivity index (χ3n) is 4.04. The molecule has 0 saturated heterocycles. The van der Waals surface area contributed by atoms with Crippen LogP contribution in [-0.4, -0.2) is 31.3 Å². The lowest BCUT2D eigenvalue weighted by Crippen LogP contribution is -2.38. The van der Waals surface area contributed by atoms with E-state index in [9.17, 15) is 4.79 Å². The molecule has 114 valence electrons. The first-order chi connectivity index (χ1) is 10.6. The minimum atomic E-state index is -0.232. The number of hydrogen-bond donors (Lipinski definition) is 0. The molecule has 0 radical (unpaired) electrons. The first-order valence-corrected chi connectivity index (χ1v) is 7.57. The zero-order valence-corrected chi connectivity index (χ0v) is 13.2. The molecule has 0 fully saturated rings. The van der Waals surface area contributed by atoms with Crippen molar-refractivity contribution in [3.63, 3.8) is 0 Å². The molecular weight excluding hydrogens is 274 g/mol. The number of carbonyl (C=O) groups is 1. The standard InChI is InChI=1S/C19H21NO2/c1-13-7-6-8-14(11-13)19-16(12-20(2)3)18(21)15-9-4-5-10-17(15)22-19/h4-11,16,19H,12H2,1-3H3. The Morgan fingerprint density at radius 1 is 1.09 bits per heavy atom. The highest BCUT2D eigenvalue weighted by Crippen LogP contribution is 2.38. The van der Waals surface area contributed by atoms with Crippen LogP contribution in [0.15, 0.2) is 48.5 Å². The largest absolute Gasteiger partial charge is 0.484 e. The third-order valence-corrected chi connectivity index (χ3v) is 4.04. The van der Waals surface area contributed by atoms with Crippen molar-refractivity contribution in [3.8, 4) is 5.75 Å². The van der Waals surface area contributed by atoms with Gasteiger partial charge in [0.2, 0.25) is 0 Å². The van der Waals surface area contributed by atoms with Gasteiger partial charge in [-0.05, 0) is 38.7 Å². The molecule has 0 N–H and O–H groups in total. The zero-order chi connectivity index (χ0) is 15.7. The summed E-state index contributed by atoms with van der Waals surface area (Å²) in [5, 5.41) is 0. The van der Waals surface area contributed by atoms with Crippen molar-refractivity contribution in [2.45, 2.75) is 13.0 Å². The van der Waals surface area contributed by atoms with Gasteiger partial charge in [0.1, 0.15) is 11.9 Å². The average molecular weight is 295 g/mol. The summed E-state index contributed by atoms with van der Waals surface area (Å²) in [6, 6.07) is 15.8. The number of nitrogens with zero attached hydrogens (tertiary/aromatic N) is 1. The van der Waals surface area contributed by atoms with E-state index in [-0.39, 0.29) is 17.8 Å². The summed E-state index contributed by atoms with van der Waals surface area (Å²) >= 11 is 0. The molecule has 0 spiro atoms. The minimum absolute atomic E-state index is 0.169. The van der Waals surface area contributed by atoms with Crippen molar-refractivity contribution >= 4 is 5.78 Å². The van der Waals surface area contributed by atoms with Gasteiger partial charge in [-0.2, -0.15) is 0 Å². The normalized spacial score (nSPS) is 20.6. The van der Waals surface area contributed by atoms with Gasteiger partial charge >= 0.3 is 0 Å². The second-order valence-electron chi connectivity index (χ2n) is 6.18. The van der Waals surface area contributed by atoms with Gasteiger partial charge in [-0.25, -0.2) is 0 Å². The molecule has 0 aliphatic carbocycles. The molecule has 2 aromatic carbocycles. The number of ether oxygens (including phenoxy) is 1. The van der Waals surface area contributed by atoms with Crippen molar-refractivity contribution in [2.75, 3.05) is 20.6 Å². The molecule has 2 unspecified atom stereocenters. The van der Waals surface area contributed by atoms with Crippen LogP contribution in [0.5, 0.6) is 5.75 Å². The molecule has 3 nitrogen and oxygen atoms in total. The Labute approximate surface area is 131 Å². The van der Waals surface area contributed by atoms with Crippen LogP contribution in [0.2, 0.25) is 0 Å². The first kappa shape index (κ1) is 14.8. The number of Topliss-reactive ketones (excluding diaryl/α,β-unsaturated/α-hetero) is 1. The van der Waals surface area contributed by atoms with Crippen LogP contribution in [-0.2, 0) is 0 Å². The van der Waals surface area contributed by atoms with Crippen LogP contribution in [0.1, 0.15) is 27.6 Å². The fourth-order valence-corrected chi connectivity index (χ4v) is 3.05. The van der Waals surface area contributed by atoms with E-state index in [0.717, 1.165) is 5.56 Å². The summed E-state index contributed by atoms with van der Waals surface area (Å²) in [7, 11) is 3.97. The van der Waals surface area contributed by atoms with E-state index >= 15 is 0 Å². The van der Waals surface area contributed by atoms with Crippen molar-refractivity contribution in [1.82, 2.24) is 4.90 Å². The van der Waals surface area contributed by atoms with Crippen LogP contribution in [0.25, 0.3) is 0 Å². The number of rotatable bonds is 3. The molecule has 3 rings (SSSR count). The molecule has 0 aromatic heterocycles. The van der Waals surface area contributed by atoms with Crippen LogP contribution >= 0.6 is 0 Å². The highest BCUT2D eigenvalue weighted by molar-refractivity contribution is 6.01. The molecule has 0 bridgehead atoms. The van der Waals surface area contributed by atoms with E-state index in [2.05, 4.69) is 19.1 Å². The Hall–Kier alpha value is -2.13. The van der Waals surface area contributed by atoms with Gasteiger partial charge in [-0.3, -0.25) is 4.79 Å². The summed E-state index contributed by atoms with van der Waals surface area (Å²) in [5.74, 6) is 0.669. The van der Waals surface area contributed by atoms with Crippen molar-refractivity contribution in [2.24, 2.45) is 5.92 Å². The Morgan fingerprint density at radius 2 is 1.86 bits per heavy atom. The minimum Gasteiger partial charge on any atom is -0.484 e. The second-order valence-corrected chi connectivity index (χ2v) is 6.18. The maximum Gasteiger partial charge on any atom is 0.175 e. The number of ketones is 1. The number of hydrogen-bond acceptors (Lipinski definition) is 3. The fourth-order valence-electron chi connectivity index (χ4n) is 3.05. The number of carbonyl (C=O) groups excluding carboxylic acids is 1. The fraction of sp³-hybridized carbons (Fsp3) is 0.316. The zero-order valence-electron chi connectivity index (χ0n) is 13.2. The number of benzene rings is 2. The van der Waals surface area contributed by atoms with Gasteiger partial charge in [0.25, 0.3) is 0 Å². The van der Waals surface area contributed by atoms with Gasteiger partial charge in [-0.15, -0.1) is 0 Å². The molecule has 3 heteroatoms. The van der Waals surface area contributed by atoms with Gasteiger partial charge in [0.15, 0.2) is 5.78 Å². The number of fused-ring (bicyclic) bond motifs is 1. The summed E-state index contributed by atoms with van der Waals surface area (Å²) in [6.45, 7) is 2.73. The topological polar surface area (TPSA) is 29.5 Å². The Morgan fingerprint density at radius 3 is 2.59 bits per heavy atom. The van der Waals surface area contributed by atoms with Crippen LogP contribution in [0.3, 0.4) is 0 Å². The Kier molecular flexibility index (Phi) is 3.99. The van der Waals surface area contributed by atoms with Gasteiger partial charge in [0.05, 0.1) is 11.5 Å². The smallest absolute Gasteiger partial charge is 0.175 e. The molecule has 22 heavy (non-hydrogen) atoms. The molecule has 0 amide bonds. The van der Waals surface area contributed by atoms with Crippen molar-refractivity contribution < 1.29 is 9.53 Å². The molecule has 1 aliphatic rings. The lowest BCUT2D eigenvalue weighted by atomic mass is 9.85. The lowest BCUT2D eigenvalue weighted by molar-refractivity contribution is 0.0594. The maximum absolute atomic E-state index is 12.9. The van der Waals surface area contributed by atoms with E-state index in [1.807, 2.05) is 55.4 Å². The van der Waals surface area contributed by atoms with E-state index in [1.54, 1.807) is 0 Å². The van der Waals surface area contributed by atoms with Gasteiger partial charge < -0.3 is 9.64 Å². The molecule has 1 heterocycles. The highest BCUT2D eigenvalue weighted by atomic mass is 16.5. The van der Waals surface area contributed by atoms with Crippen LogP contribution in [0, 0.1) is 12.8 Å². The van der Waals surface area contributed by atoms with Crippen LogP contribution in [0.4, 0.5) is 0 Å². The molecule has 2 atom stereocenters. The SMILES string of the molecule is Cc1cccc(C2Oc3ccccc3C(=O)C2CN(C)C)c1. The Balaban J connectivity index is 2.05. The van der Waals surface area contributed by atoms with Gasteiger partial charge in [0, 0.05) is 6.54 Å². The van der Waals surface area contributed by atoms with E-state index in [1.165, 1.54) is 5.56 Å². The molecule has 1 aliphatic heterocycles. The predicted molar refractivity (Wildman–Crippen MR) is 87.4 cm³/mol. The summed E-state index contributed by atoms with van der Waals surface area (Å²) in [5.41, 5.74) is 2.93. The number of aryl methyl sites for hydroxylation is 1. The predicted octanol–water partition coefficient (Wildman–Crippen LogP) is 3.49. The monoisotopic (exact) mass is 295 g/mol. The summed E-state index contributed by atoms with van der Waals surface area (Å²) in [4.78, 5) is 15.0. The van der Waals surface area contributed by atoms with E-state index in [4.69, 9.17) is 4.74 Å². The molecule has 2 aromatic rings. The quantitative estimate of drug-likeness (QED) is 0.868. The average Bonchev–Trinajstić information content (AvgIpc) is 2.49. The van der Waals surface area contributed by atoms with Crippen molar-refractivity contribution in [3.05, 3.63) is 65.2 Å². The summed E-state index contributed by atoms with van der Waals surface area (Å²) < 4.78 is 6.21. The molecular formula is C19H21NO2. The first-order valence-electron chi connectivity index (χ1n) is 7.57. The third kappa shape index (κ3) is 2.77. The molecule has 0 saturated carbocycles. The Bertz CT molecular complexity index is 693. The summed E-state index contributed by atoms with van der Waals surface area (Å²) in [6.07, 6.45) is -0.232. The maximum atomic E-state index is 12.9. The highest BCUT2D eigenvalue weighted by Gasteiger charge is 2.38. The second kappa shape index (κ2) is 5.93. The van der Waals surface area contributed by atoms with Crippen molar-refractivity contribution in [1.29, 1.82) is 0 Å².